The normalized spacial score (nSPS) is 14.2. The average Bonchev–Trinajstić information content (AvgIpc) is 2.93. The molecule has 3 rings (SSSR count). The van der Waals surface area contributed by atoms with Crippen molar-refractivity contribution < 1.29 is 4.92 Å². The van der Waals surface area contributed by atoms with Crippen molar-refractivity contribution in [1.82, 2.24) is 9.55 Å². The molecule has 104 valence electrons. The van der Waals surface area contributed by atoms with Gasteiger partial charge in [-0.05, 0) is 12.1 Å². The minimum absolute atomic E-state index is 0.157. The molecule has 0 amide bonds. The highest BCUT2D eigenvalue weighted by atomic mass is 79.9. The second-order valence-electron chi connectivity index (χ2n) is 4.66. The quantitative estimate of drug-likeness (QED) is 0.491. The summed E-state index contributed by atoms with van der Waals surface area (Å²) in [6.45, 7) is 2.49. The van der Waals surface area contributed by atoms with Crippen LogP contribution in [0.1, 0.15) is 11.4 Å². The molecule has 0 fully saturated rings. The zero-order valence-electron chi connectivity index (χ0n) is 10.7. The Morgan fingerprint density at radius 1 is 1.40 bits per heavy atom. The van der Waals surface area contributed by atoms with E-state index in [9.17, 15) is 10.1 Å². The number of imidazole rings is 1. The zero-order valence-corrected chi connectivity index (χ0v) is 12.3. The number of hydrogen-bond acceptors (Lipinski definition) is 4. The average molecular weight is 337 g/mol. The topological polar surface area (TPSA) is 64.2 Å². The molecule has 7 heteroatoms. The van der Waals surface area contributed by atoms with Crippen molar-refractivity contribution in [2.24, 2.45) is 0 Å². The molecule has 2 aromatic rings. The third kappa shape index (κ3) is 2.29. The summed E-state index contributed by atoms with van der Waals surface area (Å²) in [6, 6.07) is 5.27. The second kappa shape index (κ2) is 5.24. The molecule has 0 atom stereocenters. The van der Waals surface area contributed by atoms with Gasteiger partial charge in [-0.3, -0.25) is 10.1 Å². The summed E-state index contributed by atoms with van der Waals surface area (Å²) in [5.74, 6) is 1.02. The number of hydrogen-bond donors (Lipinski definition) is 0. The Morgan fingerprint density at radius 3 is 3.00 bits per heavy atom. The molecule has 20 heavy (non-hydrogen) atoms. The lowest BCUT2D eigenvalue weighted by Crippen LogP contribution is -2.33. The van der Waals surface area contributed by atoms with E-state index >= 15 is 0 Å². The van der Waals surface area contributed by atoms with Gasteiger partial charge in [0.1, 0.15) is 5.82 Å². The number of rotatable bonds is 3. The molecule has 1 aliphatic rings. The van der Waals surface area contributed by atoms with Gasteiger partial charge in [-0.25, -0.2) is 4.98 Å². The van der Waals surface area contributed by atoms with E-state index in [4.69, 9.17) is 0 Å². The Balaban J connectivity index is 1.90. The highest BCUT2D eigenvalue weighted by molar-refractivity contribution is 9.08. The van der Waals surface area contributed by atoms with Crippen molar-refractivity contribution in [3.05, 3.63) is 52.1 Å². The molecule has 0 unspecified atom stereocenters. The van der Waals surface area contributed by atoms with Crippen LogP contribution in [0, 0.1) is 10.1 Å². The van der Waals surface area contributed by atoms with Crippen LogP contribution in [0.5, 0.6) is 0 Å². The standard InChI is InChI=1S/C13H13BrN4O2/c14-8-10-7-11(1-2-12(10)18(19)20)17-6-5-16-4-3-15-13(16)9-17/h1-4,7H,5-6,8-9H2. The summed E-state index contributed by atoms with van der Waals surface area (Å²) in [7, 11) is 0. The summed E-state index contributed by atoms with van der Waals surface area (Å²) in [5.41, 5.74) is 1.85. The third-order valence-electron chi connectivity index (χ3n) is 3.51. The molecule has 0 radical (unpaired) electrons. The molecular weight excluding hydrogens is 324 g/mol. The lowest BCUT2D eigenvalue weighted by atomic mass is 10.1. The molecule has 0 bridgehead atoms. The van der Waals surface area contributed by atoms with Crippen molar-refractivity contribution in [3.63, 3.8) is 0 Å². The van der Waals surface area contributed by atoms with Crippen LogP contribution in [0.25, 0.3) is 0 Å². The number of nitro groups is 1. The summed E-state index contributed by atoms with van der Waals surface area (Å²) >= 11 is 3.31. The number of nitrogens with zero attached hydrogens (tertiary/aromatic N) is 4. The van der Waals surface area contributed by atoms with Crippen molar-refractivity contribution in [1.29, 1.82) is 0 Å². The van der Waals surface area contributed by atoms with Gasteiger partial charge in [0.15, 0.2) is 0 Å². The van der Waals surface area contributed by atoms with Gasteiger partial charge in [-0.15, -0.1) is 0 Å². The summed E-state index contributed by atoms with van der Waals surface area (Å²) in [5, 5.41) is 11.4. The van der Waals surface area contributed by atoms with E-state index in [0.717, 1.165) is 31.1 Å². The van der Waals surface area contributed by atoms with Crippen LogP contribution < -0.4 is 4.90 Å². The molecule has 6 nitrogen and oxygen atoms in total. The summed E-state index contributed by atoms with van der Waals surface area (Å²) < 4.78 is 2.13. The third-order valence-corrected chi connectivity index (χ3v) is 4.12. The summed E-state index contributed by atoms with van der Waals surface area (Å²) in [4.78, 5) is 17.1. The van der Waals surface area contributed by atoms with Crippen molar-refractivity contribution in [2.75, 3.05) is 11.4 Å². The van der Waals surface area contributed by atoms with Gasteiger partial charge in [-0.2, -0.15) is 0 Å². The molecule has 2 heterocycles. The van der Waals surface area contributed by atoms with E-state index in [0.29, 0.717) is 10.9 Å². The molecule has 1 aromatic carbocycles. The maximum atomic E-state index is 11.0. The predicted octanol–water partition coefficient (Wildman–Crippen LogP) is 2.71. The number of benzene rings is 1. The highest BCUT2D eigenvalue weighted by Gasteiger charge is 2.20. The lowest BCUT2D eigenvalue weighted by Gasteiger charge is -2.29. The fourth-order valence-corrected chi connectivity index (χ4v) is 2.90. The Labute approximate surface area is 124 Å². The molecule has 1 aliphatic heterocycles. The lowest BCUT2D eigenvalue weighted by molar-refractivity contribution is -0.385. The van der Waals surface area contributed by atoms with E-state index in [1.807, 2.05) is 18.3 Å². The van der Waals surface area contributed by atoms with Gasteiger partial charge in [0, 0.05) is 48.1 Å². The first kappa shape index (κ1) is 13.1. The van der Waals surface area contributed by atoms with E-state index < -0.39 is 0 Å². The van der Waals surface area contributed by atoms with Gasteiger partial charge in [0.05, 0.1) is 11.5 Å². The second-order valence-corrected chi connectivity index (χ2v) is 5.22. The van der Waals surface area contributed by atoms with Gasteiger partial charge in [0.2, 0.25) is 0 Å². The fourth-order valence-electron chi connectivity index (χ4n) is 2.45. The Hall–Kier alpha value is -1.89. The molecule has 0 aliphatic carbocycles. The van der Waals surface area contributed by atoms with E-state index in [1.165, 1.54) is 0 Å². The van der Waals surface area contributed by atoms with E-state index in [-0.39, 0.29) is 10.6 Å². The maximum absolute atomic E-state index is 11.0. The van der Waals surface area contributed by atoms with Gasteiger partial charge < -0.3 is 9.47 Å². The van der Waals surface area contributed by atoms with Crippen LogP contribution in [0.4, 0.5) is 11.4 Å². The first-order valence-electron chi connectivity index (χ1n) is 6.27. The van der Waals surface area contributed by atoms with Crippen LogP contribution in [-0.4, -0.2) is 21.0 Å². The highest BCUT2D eigenvalue weighted by Crippen LogP contribution is 2.28. The number of alkyl halides is 1. The monoisotopic (exact) mass is 336 g/mol. The Morgan fingerprint density at radius 2 is 2.25 bits per heavy atom. The van der Waals surface area contributed by atoms with Crippen LogP contribution >= 0.6 is 15.9 Å². The molecule has 0 spiro atoms. The van der Waals surface area contributed by atoms with Crippen LogP contribution in [0.2, 0.25) is 0 Å². The number of halogens is 1. The minimum atomic E-state index is -0.344. The Kier molecular flexibility index (Phi) is 3.43. The molecule has 0 N–H and O–H groups in total. The molecular formula is C13H13BrN4O2. The van der Waals surface area contributed by atoms with E-state index in [1.54, 1.807) is 12.3 Å². The van der Waals surface area contributed by atoms with Crippen molar-refractivity contribution in [3.8, 4) is 0 Å². The largest absolute Gasteiger partial charge is 0.362 e. The first-order valence-corrected chi connectivity index (χ1v) is 7.39. The molecule has 0 saturated heterocycles. The maximum Gasteiger partial charge on any atom is 0.273 e. The van der Waals surface area contributed by atoms with Gasteiger partial charge >= 0.3 is 0 Å². The van der Waals surface area contributed by atoms with E-state index in [2.05, 4.69) is 30.4 Å². The van der Waals surface area contributed by atoms with Gasteiger partial charge in [0.25, 0.3) is 5.69 Å². The number of fused-ring (bicyclic) bond motifs is 1. The fraction of sp³-hybridized carbons (Fsp3) is 0.308. The predicted molar refractivity (Wildman–Crippen MR) is 79.0 cm³/mol. The smallest absolute Gasteiger partial charge is 0.273 e. The van der Waals surface area contributed by atoms with Gasteiger partial charge in [-0.1, -0.05) is 15.9 Å². The first-order chi connectivity index (χ1) is 9.69. The van der Waals surface area contributed by atoms with Crippen LogP contribution in [-0.2, 0) is 18.4 Å². The molecule has 0 saturated carbocycles. The number of aromatic nitrogens is 2. The minimum Gasteiger partial charge on any atom is -0.362 e. The zero-order chi connectivity index (χ0) is 14.1. The van der Waals surface area contributed by atoms with Crippen molar-refractivity contribution >= 4 is 27.3 Å². The molecule has 1 aromatic heterocycles. The SMILES string of the molecule is O=[N+]([O-])c1ccc(N2CCn3ccnc3C2)cc1CBr. The summed E-state index contributed by atoms with van der Waals surface area (Å²) in [6.07, 6.45) is 3.78. The van der Waals surface area contributed by atoms with Crippen molar-refractivity contribution in [2.45, 2.75) is 18.4 Å². The Bertz CT molecular complexity index is 656. The number of anilines is 1. The number of nitro benzene ring substituents is 1. The van der Waals surface area contributed by atoms with Crippen LogP contribution in [0.15, 0.2) is 30.6 Å². The van der Waals surface area contributed by atoms with Crippen LogP contribution in [0.3, 0.4) is 0 Å².